The normalized spacial score (nSPS) is 16.6. The molecule has 160 valence electrons. The molecule has 3 heterocycles. The number of fused-ring (bicyclic) bond motifs is 1. The summed E-state index contributed by atoms with van der Waals surface area (Å²) < 4.78 is 0. The predicted molar refractivity (Wildman–Crippen MR) is 128 cm³/mol. The number of nitrogens with one attached hydrogen (secondary N) is 2. The number of hydrogen-bond acceptors (Lipinski definition) is 5. The van der Waals surface area contributed by atoms with Crippen LogP contribution in [0.4, 0.5) is 17.6 Å². The molecule has 1 fully saturated rings. The molecule has 1 aromatic heterocycles. The Labute approximate surface area is 185 Å². The summed E-state index contributed by atoms with van der Waals surface area (Å²) in [5.41, 5.74) is 2.83. The van der Waals surface area contributed by atoms with E-state index in [2.05, 4.69) is 57.7 Å². The van der Waals surface area contributed by atoms with Gasteiger partial charge in [0, 0.05) is 38.8 Å². The summed E-state index contributed by atoms with van der Waals surface area (Å²) in [5.74, 6) is 2.56. The van der Waals surface area contributed by atoms with Crippen LogP contribution in [0.25, 0.3) is 0 Å². The lowest BCUT2D eigenvalue weighted by Crippen LogP contribution is -2.33. The first-order valence-corrected chi connectivity index (χ1v) is 11.6. The fraction of sp³-hybridized carbons (Fsp3) is 0.522. The van der Waals surface area contributed by atoms with Crippen LogP contribution in [0.1, 0.15) is 50.2 Å². The molecule has 7 heteroatoms. The molecule has 0 spiro atoms. The Morgan fingerprint density at radius 2 is 1.67 bits per heavy atom. The second-order valence-electron chi connectivity index (χ2n) is 8.13. The molecule has 2 aromatic rings. The van der Waals surface area contributed by atoms with Crippen LogP contribution >= 0.6 is 12.2 Å². The summed E-state index contributed by atoms with van der Waals surface area (Å²) in [6.07, 6.45) is 7.10. The Balaban J connectivity index is 1.60. The quantitative estimate of drug-likeness (QED) is 0.700. The topological polar surface area (TPSA) is 56.3 Å². The van der Waals surface area contributed by atoms with Crippen molar-refractivity contribution >= 4 is 34.9 Å². The third-order valence-corrected chi connectivity index (χ3v) is 6.09. The van der Waals surface area contributed by atoms with Gasteiger partial charge >= 0.3 is 0 Å². The van der Waals surface area contributed by atoms with E-state index in [9.17, 15) is 0 Å². The Hall–Kier alpha value is -2.41. The summed E-state index contributed by atoms with van der Waals surface area (Å²) >= 11 is 5.45. The second-order valence-corrected chi connectivity index (χ2v) is 8.54. The lowest BCUT2D eigenvalue weighted by molar-refractivity contribution is 0.717. The predicted octanol–water partition coefficient (Wildman–Crippen LogP) is 4.12. The molecule has 0 bridgehead atoms. The van der Waals surface area contributed by atoms with Crippen LogP contribution in [0.2, 0.25) is 0 Å². The van der Waals surface area contributed by atoms with Gasteiger partial charge in [0.15, 0.2) is 5.11 Å². The Morgan fingerprint density at radius 1 is 0.967 bits per heavy atom. The maximum absolute atomic E-state index is 5.45. The molecule has 0 amide bonds. The maximum atomic E-state index is 5.45. The number of benzene rings is 1. The minimum atomic E-state index is 0.583. The van der Waals surface area contributed by atoms with Gasteiger partial charge in [-0.1, -0.05) is 44.0 Å². The van der Waals surface area contributed by atoms with Crippen molar-refractivity contribution in [2.75, 3.05) is 41.3 Å². The van der Waals surface area contributed by atoms with E-state index in [1.165, 1.54) is 36.8 Å². The minimum absolute atomic E-state index is 0.583. The van der Waals surface area contributed by atoms with E-state index in [-0.39, 0.29) is 0 Å². The van der Waals surface area contributed by atoms with Gasteiger partial charge in [-0.05, 0) is 49.0 Å². The first-order valence-electron chi connectivity index (χ1n) is 11.2. The van der Waals surface area contributed by atoms with Gasteiger partial charge in [-0.2, -0.15) is 9.97 Å². The average molecular weight is 425 g/mol. The van der Waals surface area contributed by atoms with Crippen LogP contribution in [-0.4, -0.2) is 41.3 Å². The van der Waals surface area contributed by atoms with Crippen molar-refractivity contribution in [1.82, 2.24) is 15.3 Å². The van der Waals surface area contributed by atoms with E-state index in [1.54, 1.807) is 0 Å². The molecule has 0 radical (unpaired) electrons. The minimum Gasteiger partial charge on any atom is -0.362 e. The van der Waals surface area contributed by atoms with Gasteiger partial charge in [0.25, 0.3) is 0 Å². The number of thiocarbonyl (C=S) groups is 1. The number of nitrogens with zero attached hydrogens (tertiary/aromatic N) is 4. The average Bonchev–Trinajstić information content (AvgIpc) is 3.07. The van der Waals surface area contributed by atoms with Crippen molar-refractivity contribution in [2.24, 2.45) is 0 Å². The summed E-state index contributed by atoms with van der Waals surface area (Å²) in [4.78, 5) is 14.4. The molecular formula is C23H32N6S. The molecule has 0 aliphatic carbocycles. The van der Waals surface area contributed by atoms with Crippen LogP contribution < -0.4 is 20.4 Å². The third kappa shape index (κ3) is 5.19. The van der Waals surface area contributed by atoms with Crippen molar-refractivity contribution in [3.05, 3.63) is 41.5 Å². The summed E-state index contributed by atoms with van der Waals surface area (Å²) in [5, 5.41) is 7.01. The smallest absolute Gasteiger partial charge is 0.232 e. The molecule has 2 aliphatic rings. The fourth-order valence-electron chi connectivity index (χ4n) is 4.18. The van der Waals surface area contributed by atoms with Crippen LogP contribution in [0.5, 0.6) is 0 Å². The zero-order chi connectivity index (χ0) is 20.8. The Kier molecular flexibility index (Phi) is 7.00. The highest BCUT2D eigenvalue weighted by Gasteiger charge is 2.21. The Bertz CT molecular complexity index is 863. The first-order chi connectivity index (χ1) is 14.7. The molecule has 0 atom stereocenters. The number of anilines is 3. The van der Waals surface area contributed by atoms with Gasteiger partial charge in [-0.3, -0.25) is 0 Å². The molecule has 0 saturated carbocycles. The summed E-state index contributed by atoms with van der Waals surface area (Å²) in [6, 6.07) is 10.9. The van der Waals surface area contributed by atoms with E-state index in [0.29, 0.717) is 11.1 Å². The third-order valence-electron chi connectivity index (χ3n) is 5.84. The highest BCUT2D eigenvalue weighted by molar-refractivity contribution is 7.80. The van der Waals surface area contributed by atoms with Crippen LogP contribution in [0.3, 0.4) is 0 Å². The molecule has 1 aromatic carbocycles. The van der Waals surface area contributed by atoms with Gasteiger partial charge in [-0.15, -0.1) is 0 Å². The number of aromatic nitrogens is 2. The van der Waals surface area contributed by atoms with Crippen LogP contribution in [-0.2, 0) is 13.0 Å². The SMILES string of the molecule is CCCNC(=S)Nc1nc(N2CCCCCC2)cc(N2CCc3ccccc3C2)n1. The second kappa shape index (κ2) is 10.1. The standard InChI is InChI=1S/C23H32N6S/c1-2-12-24-23(30)27-22-25-20(28-13-7-3-4-8-14-28)16-21(26-22)29-15-11-18-9-5-6-10-19(18)17-29/h5-6,9-10,16H,2-4,7-8,11-15,17H2,1H3,(H2,24,25,26,27,30). The number of hydrogen-bond donors (Lipinski definition) is 2. The molecule has 2 aliphatic heterocycles. The van der Waals surface area contributed by atoms with Gasteiger partial charge in [0.05, 0.1) is 0 Å². The van der Waals surface area contributed by atoms with Crippen molar-refractivity contribution in [3.63, 3.8) is 0 Å². The zero-order valence-electron chi connectivity index (χ0n) is 17.9. The van der Waals surface area contributed by atoms with Gasteiger partial charge < -0.3 is 20.4 Å². The highest BCUT2D eigenvalue weighted by atomic mass is 32.1. The molecule has 6 nitrogen and oxygen atoms in total. The van der Waals surface area contributed by atoms with Gasteiger partial charge in [0.1, 0.15) is 11.6 Å². The highest BCUT2D eigenvalue weighted by Crippen LogP contribution is 2.28. The van der Waals surface area contributed by atoms with Crippen molar-refractivity contribution in [3.8, 4) is 0 Å². The van der Waals surface area contributed by atoms with Crippen molar-refractivity contribution < 1.29 is 0 Å². The first kappa shape index (κ1) is 20.8. The van der Waals surface area contributed by atoms with E-state index < -0.39 is 0 Å². The molecular weight excluding hydrogens is 392 g/mol. The van der Waals surface area contributed by atoms with Crippen molar-refractivity contribution in [2.45, 2.75) is 52.0 Å². The van der Waals surface area contributed by atoms with E-state index >= 15 is 0 Å². The number of rotatable bonds is 5. The monoisotopic (exact) mass is 424 g/mol. The van der Waals surface area contributed by atoms with Crippen LogP contribution in [0.15, 0.2) is 30.3 Å². The lowest BCUT2D eigenvalue weighted by atomic mass is 10.00. The van der Waals surface area contributed by atoms with Gasteiger partial charge in [-0.25, -0.2) is 0 Å². The summed E-state index contributed by atoms with van der Waals surface area (Å²) in [6.45, 7) is 6.91. The van der Waals surface area contributed by atoms with E-state index in [0.717, 1.165) is 57.2 Å². The summed E-state index contributed by atoms with van der Waals surface area (Å²) in [7, 11) is 0. The molecule has 0 unspecified atom stereocenters. The zero-order valence-corrected chi connectivity index (χ0v) is 18.7. The van der Waals surface area contributed by atoms with Gasteiger partial charge in [0.2, 0.25) is 5.95 Å². The molecule has 30 heavy (non-hydrogen) atoms. The molecule has 4 rings (SSSR count). The Morgan fingerprint density at radius 3 is 2.40 bits per heavy atom. The maximum Gasteiger partial charge on any atom is 0.232 e. The largest absolute Gasteiger partial charge is 0.362 e. The lowest BCUT2D eigenvalue weighted by Gasteiger charge is -2.31. The fourth-order valence-corrected chi connectivity index (χ4v) is 4.37. The molecule has 1 saturated heterocycles. The van der Waals surface area contributed by atoms with E-state index in [1.807, 2.05) is 0 Å². The van der Waals surface area contributed by atoms with E-state index in [4.69, 9.17) is 22.2 Å². The molecule has 2 N–H and O–H groups in total. The van der Waals surface area contributed by atoms with Crippen LogP contribution in [0, 0.1) is 0 Å². The van der Waals surface area contributed by atoms with Crippen molar-refractivity contribution in [1.29, 1.82) is 0 Å².